The van der Waals surface area contributed by atoms with E-state index in [2.05, 4.69) is 41.0 Å². The molecule has 3 aromatic heterocycles. The van der Waals surface area contributed by atoms with Crippen molar-refractivity contribution in [3.63, 3.8) is 0 Å². The number of rotatable bonds is 22. The van der Waals surface area contributed by atoms with Crippen LogP contribution >= 0.6 is 11.3 Å². The molecule has 5 fully saturated rings. The van der Waals surface area contributed by atoms with E-state index in [0.29, 0.717) is 60.0 Å². The number of hydrogen-bond donors (Lipinski definition) is 6. The maximum atomic E-state index is 17.3. The number of halogens is 2. The summed E-state index contributed by atoms with van der Waals surface area (Å²) in [6.45, 7) is 14.4. The number of phenols is 1. The first-order valence-electron chi connectivity index (χ1n) is 31.5. The number of benzene rings is 3. The first kappa shape index (κ1) is 62.5. The Kier molecular flexibility index (Phi) is 18.8. The molecule has 22 heteroatoms. The number of thiazole rings is 1. The third-order valence-corrected chi connectivity index (χ3v) is 19.7. The maximum absolute atomic E-state index is 17.3. The summed E-state index contributed by atoms with van der Waals surface area (Å²) in [4.78, 5) is 80.1. The average molecular weight is 1230 g/mol. The van der Waals surface area contributed by atoms with Gasteiger partial charge < -0.3 is 50.8 Å². The van der Waals surface area contributed by atoms with E-state index in [1.165, 1.54) is 23.1 Å². The van der Waals surface area contributed by atoms with Crippen LogP contribution in [0.5, 0.6) is 11.8 Å². The zero-order valence-corrected chi connectivity index (χ0v) is 52.1. The lowest BCUT2D eigenvalue weighted by molar-refractivity contribution is -0.144. The topological polar surface area (TPSA) is 237 Å². The van der Waals surface area contributed by atoms with Gasteiger partial charge in [0.1, 0.15) is 53.9 Å². The molecule has 6 N–H and O–H groups in total. The molecule has 8 atom stereocenters. The van der Waals surface area contributed by atoms with E-state index in [1.54, 1.807) is 23.6 Å². The average Bonchev–Trinajstić information content (AvgIpc) is 1.64. The summed E-state index contributed by atoms with van der Waals surface area (Å²) in [7, 11) is 0. The first-order valence-corrected chi connectivity index (χ1v) is 32.4. The fraction of sp³-hybridized carbons (Fsp3) is 0.545. The number of alkyl carbamates (subject to hydrolysis) is 1. The fourth-order valence-corrected chi connectivity index (χ4v) is 14.9. The standard InChI is InChI=1S/C66H83F2N11O8S/c1-7-48-51(67)22-19-42-28-46(80)29-49(54(42)48)56-55(68)57-50(31-70-56)60(77-32-43-20-21-44(33-77)73-43)76-63(75-57)87-36-66-24-13-27-79(66)45(23-25-66)35-86-64(85)69-26-12-10-8-9-11-14-53(82)74-59(65(4,5)6)62(84)78-34-47(81)30-52(78)61(83)72-38(2)40-15-17-41(18-16-40)58-39(3)71-37-88-58/h15-19,22,28-29,31,37-38,43-45,47,52,59,73,80-81H,7-14,20-21,23-27,30,32-36H2,1-6H3,(H,69,85)(H,72,83)(H,74,82)/t38-,43?,44?,45?,47+,52-,59+,66?/m0/s1. The molecule has 0 spiro atoms. The molecule has 5 aliphatic rings. The highest BCUT2D eigenvalue weighted by Gasteiger charge is 2.51. The number of likely N-dealkylation sites (tertiary alicyclic amines) is 1. The number of aliphatic hydroxyl groups is 1. The van der Waals surface area contributed by atoms with Gasteiger partial charge in [0.05, 0.1) is 39.2 Å². The van der Waals surface area contributed by atoms with Crippen molar-refractivity contribution < 1.29 is 47.6 Å². The molecule has 4 amide bonds. The molecular formula is C66H83F2N11O8S. The summed E-state index contributed by atoms with van der Waals surface area (Å²) >= 11 is 1.57. The Morgan fingerprint density at radius 2 is 1.69 bits per heavy atom. The highest BCUT2D eigenvalue weighted by atomic mass is 32.1. The lowest BCUT2D eigenvalue weighted by Crippen LogP contribution is -2.57. The number of carbonyl (C=O) groups excluding carboxylic acids is 4. The molecule has 5 aliphatic heterocycles. The molecule has 6 aromatic rings. The van der Waals surface area contributed by atoms with Crippen molar-refractivity contribution in [2.24, 2.45) is 5.41 Å². The Morgan fingerprint density at radius 3 is 2.43 bits per heavy atom. The number of hydrogen-bond acceptors (Lipinski definition) is 16. The fourth-order valence-electron chi connectivity index (χ4n) is 14.1. The number of fused-ring (bicyclic) bond motifs is 5. The normalized spacial score (nSPS) is 22.5. The number of amides is 4. The zero-order valence-electron chi connectivity index (χ0n) is 51.3. The van der Waals surface area contributed by atoms with Crippen LogP contribution in [0.3, 0.4) is 0 Å². The van der Waals surface area contributed by atoms with Crippen molar-refractivity contribution in [2.45, 2.75) is 179 Å². The number of unbranched alkanes of at least 4 members (excludes halogenated alkanes) is 4. The lowest BCUT2D eigenvalue weighted by Gasteiger charge is -2.35. The SMILES string of the molecule is CCc1c(F)ccc2cc(O)cc(-c3ncc4c(N5CC6CCC(C5)N6)nc(OCC56CCCN5C(COC(=O)NCCCCCCCC(=O)N[C@H](C(=O)N5C[C@H](O)C[C@H]5C(=O)N[C@@H](C)c5ccc(-c7scnc7C)cc5)C(C)(C)C)CC6)nc4c3F)c12. The minimum atomic E-state index is -0.913. The van der Waals surface area contributed by atoms with E-state index in [4.69, 9.17) is 19.4 Å². The van der Waals surface area contributed by atoms with E-state index >= 15 is 8.78 Å². The number of phenolic OH excluding ortho intramolecular Hbond substituents is 1. The second-order valence-electron chi connectivity index (χ2n) is 26.0. The van der Waals surface area contributed by atoms with Gasteiger partial charge in [0.25, 0.3) is 0 Å². The molecule has 3 aromatic carbocycles. The Bertz CT molecular complexity index is 3540. The Morgan fingerprint density at radius 1 is 0.932 bits per heavy atom. The second kappa shape index (κ2) is 26.5. The molecule has 19 nitrogen and oxygen atoms in total. The quantitative estimate of drug-likeness (QED) is 0.0347. The number of nitrogens with one attached hydrogen (secondary N) is 4. The molecule has 8 heterocycles. The van der Waals surface area contributed by atoms with E-state index in [1.807, 2.05) is 71.3 Å². The van der Waals surface area contributed by atoms with Crippen molar-refractivity contribution in [3.8, 4) is 33.5 Å². The van der Waals surface area contributed by atoms with Crippen LogP contribution in [0.2, 0.25) is 0 Å². The van der Waals surface area contributed by atoms with Crippen molar-refractivity contribution in [1.29, 1.82) is 0 Å². The summed E-state index contributed by atoms with van der Waals surface area (Å²) in [6.07, 6.45) is 10.1. The number of aliphatic hydroxyl groups excluding tert-OH is 1. The first-order chi connectivity index (χ1) is 42.3. The van der Waals surface area contributed by atoms with Crippen molar-refractivity contribution >= 4 is 62.6 Å². The zero-order chi connectivity index (χ0) is 62.0. The molecule has 0 aliphatic carbocycles. The molecule has 0 radical (unpaired) electrons. The van der Waals surface area contributed by atoms with Crippen LogP contribution in [0.4, 0.5) is 19.4 Å². The van der Waals surface area contributed by atoms with Gasteiger partial charge in [0.15, 0.2) is 5.82 Å². The number of nitrogens with zero attached hydrogens (tertiary/aromatic N) is 7. The summed E-state index contributed by atoms with van der Waals surface area (Å²) < 4.78 is 44.9. The van der Waals surface area contributed by atoms with Gasteiger partial charge in [-0.3, -0.25) is 24.3 Å². The number of ether oxygens (including phenoxy) is 2. The number of aryl methyl sites for hydroxylation is 2. The van der Waals surface area contributed by atoms with Crippen molar-refractivity contribution in [1.82, 2.24) is 51.0 Å². The molecule has 88 heavy (non-hydrogen) atoms. The molecular weight excluding hydrogens is 1140 g/mol. The van der Waals surface area contributed by atoms with Gasteiger partial charge >= 0.3 is 12.1 Å². The highest BCUT2D eigenvalue weighted by Crippen LogP contribution is 2.44. The molecule has 0 saturated carbocycles. The maximum Gasteiger partial charge on any atom is 0.407 e. The van der Waals surface area contributed by atoms with Gasteiger partial charge in [-0.2, -0.15) is 9.97 Å². The van der Waals surface area contributed by atoms with Crippen LogP contribution < -0.4 is 30.9 Å². The third kappa shape index (κ3) is 13.4. The van der Waals surface area contributed by atoms with E-state index in [9.17, 15) is 29.4 Å². The molecule has 2 bridgehead atoms. The molecule has 5 saturated heterocycles. The lowest BCUT2D eigenvalue weighted by atomic mass is 9.85. The van der Waals surface area contributed by atoms with Crippen LogP contribution in [-0.4, -0.2) is 152 Å². The minimum absolute atomic E-state index is 0.00798. The van der Waals surface area contributed by atoms with Gasteiger partial charge in [0.2, 0.25) is 17.7 Å². The van der Waals surface area contributed by atoms with Crippen molar-refractivity contribution in [3.05, 3.63) is 88.7 Å². The Hall–Kier alpha value is -7.14. The number of aromatic hydroxyl groups is 1. The van der Waals surface area contributed by atoms with Gasteiger partial charge in [-0.05, 0) is 129 Å². The van der Waals surface area contributed by atoms with Crippen LogP contribution in [0.15, 0.2) is 60.2 Å². The number of anilines is 1. The number of carbonyl (C=O) groups is 4. The summed E-state index contributed by atoms with van der Waals surface area (Å²) in [5, 5.41) is 35.6. The summed E-state index contributed by atoms with van der Waals surface area (Å²) in [6, 6.07) is 12.2. The van der Waals surface area contributed by atoms with Gasteiger partial charge in [-0.15, -0.1) is 11.3 Å². The Labute approximate surface area is 516 Å². The van der Waals surface area contributed by atoms with Crippen molar-refractivity contribution in [2.75, 3.05) is 50.8 Å². The molecule has 470 valence electrons. The number of β-amino-alcohol motifs (C(OH)–C–C–N with tert-alkyl or cyclic N) is 1. The van der Waals surface area contributed by atoms with Crippen LogP contribution in [0, 0.1) is 24.0 Å². The number of piperazine rings is 1. The predicted molar refractivity (Wildman–Crippen MR) is 334 cm³/mol. The van der Waals surface area contributed by atoms with Gasteiger partial charge in [0, 0.05) is 68.9 Å². The van der Waals surface area contributed by atoms with E-state index in [-0.39, 0.29) is 103 Å². The largest absolute Gasteiger partial charge is 0.508 e. The second-order valence-corrected chi connectivity index (χ2v) is 26.8. The Balaban J connectivity index is 0.630. The van der Waals surface area contributed by atoms with Crippen LogP contribution in [0.25, 0.3) is 43.4 Å². The summed E-state index contributed by atoms with van der Waals surface area (Å²) in [5.74, 6) is -1.72. The summed E-state index contributed by atoms with van der Waals surface area (Å²) in [5.41, 5.74) is 4.33. The number of aromatic nitrogens is 4. The van der Waals surface area contributed by atoms with Crippen LogP contribution in [0.1, 0.15) is 141 Å². The molecule has 4 unspecified atom stereocenters. The van der Waals surface area contributed by atoms with Gasteiger partial charge in [-0.1, -0.05) is 77.3 Å². The highest BCUT2D eigenvalue weighted by molar-refractivity contribution is 7.13. The smallest absolute Gasteiger partial charge is 0.407 e. The van der Waals surface area contributed by atoms with E-state index < -0.39 is 47.2 Å². The van der Waals surface area contributed by atoms with Gasteiger partial charge in [-0.25, -0.2) is 18.6 Å². The minimum Gasteiger partial charge on any atom is -0.508 e. The van der Waals surface area contributed by atoms with Crippen LogP contribution in [-0.2, 0) is 25.5 Å². The monoisotopic (exact) mass is 1230 g/mol. The predicted octanol–water partition coefficient (Wildman–Crippen LogP) is 9.58. The third-order valence-electron chi connectivity index (χ3n) is 18.7. The van der Waals surface area contributed by atoms with E-state index in [0.717, 1.165) is 92.5 Å². The molecule has 11 rings (SSSR count). The number of pyridine rings is 1.